The van der Waals surface area contributed by atoms with Crippen molar-refractivity contribution in [3.63, 3.8) is 0 Å². The molecule has 7 nitrogen and oxygen atoms in total. The number of hydrogen-bond donors (Lipinski definition) is 2. The lowest BCUT2D eigenvalue weighted by molar-refractivity contribution is -0.122. The Labute approximate surface area is 169 Å². The predicted molar refractivity (Wildman–Crippen MR) is 110 cm³/mol. The topological polar surface area (TPSA) is 97.4 Å². The van der Waals surface area contributed by atoms with E-state index in [4.69, 9.17) is 4.74 Å². The number of nitrogens with one attached hydrogen (secondary N) is 2. The van der Waals surface area contributed by atoms with Crippen molar-refractivity contribution in [3.8, 4) is 17.0 Å². The quantitative estimate of drug-likeness (QED) is 0.623. The molecule has 0 aliphatic carbocycles. The first-order valence-electron chi connectivity index (χ1n) is 8.84. The summed E-state index contributed by atoms with van der Waals surface area (Å²) in [4.78, 5) is 16.5. The van der Waals surface area contributed by atoms with Gasteiger partial charge in [0.1, 0.15) is 6.04 Å². The van der Waals surface area contributed by atoms with Gasteiger partial charge in [-0.05, 0) is 35.4 Å². The van der Waals surface area contributed by atoms with Crippen LogP contribution in [0.5, 0.6) is 5.88 Å². The zero-order valence-corrected chi connectivity index (χ0v) is 16.8. The number of carbonyl (C=O) groups is 1. The van der Waals surface area contributed by atoms with Gasteiger partial charge in [-0.2, -0.15) is 4.72 Å². The minimum Gasteiger partial charge on any atom is -0.481 e. The molecule has 1 amide bonds. The second-order valence-corrected chi connectivity index (χ2v) is 7.88. The molecule has 29 heavy (non-hydrogen) atoms. The Hall–Kier alpha value is -3.23. The Morgan fingerprint density at radius 1 is 1.03 bits per heavy atom. The summed E-state index contributed by atoms with van der Waals surface area (Å²) in [7, 11) is -1.02. The van der Waals surface area contributed by atoms with E-state index >= 15 is 0 Å². The predicted octanol–water partition coefficient (Wildman–Crippen LogP) is 2.52. The molecule has 3 rings (SSSR count). The van der Waals surface area contributed by atoms with Crippen molar-refractivity contribution in [2.45, 2.75) is 10.9 Å². The number of aromatic nitrogens is 1. The minimum atomic E-state index is -3.98. The molecule has 0 radical (unpaired) electrons. The number of methoxy groups -OCH3 is 1. The molecule has 0 saturated heterocycles. The van der Waals surface area contributed by atoms with Gasteiger partial charge in [-0.3, -0.25) is 4.79 Å². The number of rotatable bonds is 7. The van der Waals surface area contributed by atoms with E-state index in [-0.39, 0.29) is 4.90 Å². The Kier molecular flexibility index (Phi) is 6.26. The third-order valence-corrected chi connectivity index (χ3v) is 5.75. The Morgan fingerprint density at radius 2 is 1.79 bits per heavy atom. The van der Waals surface area contributed by atoms with Crippen LogP contribution in [0, 0.1) is 0 Å². The first kappa shape index (κ1) is 20.5. The summed E-state index contributed by atoms with van der Waals surface area (Å²) in [5, 5.41) is 2.50. The molecule has 0 bridgehead atoms. The van der Waals surface area contributed by atoms with Gasteiger partial charge in [0.15, 0.2) is 0 Å². The molecule has 0 aliphatic heterocycles. The van der Waals surface area contributed by atoms with E-state index in [1.54, 1.807) is 60.8 Å². The molecule has 3 aromatic rings. The van der Waals surface area contributed by atoms with E-state index in [1.165, 1.54) is 26.3 Å². The average molecular weight is 411 g/mol. The summed E-state index contributed by atoms with van der Waals surface area (Å²) < 4.78 is 33.8. The van der Waals surface area contributed by atoms with Gasteiger partial charge in [0.05, 0.1) is 12.0 Å². The SMILES string of the molecule is CNC(=O)C(NS(=O)(=O)c1cccc(-c2cccnc2OC)c1)c1ccccc1. The van der Waals surface area contributed by atoms with E-state index in [0.29, 0.717) is 22.6 Å². The molecule has 0 spiro atoms. The molecular formula is C21H21N3O4S. The van der Waals surface area contributed by atoms with Crippen LogP contribution in [0.2, 0.25) is 0 Å². The molecule has 1 heterocycles. The second kappa shape index (κ2) is 8.85. The molecule has 0 saturated carbocycles. The molecule has 0 fully saturated rings. The number of hydrogen-bond acceptors (Lipinski definition) is 5. The van der Waals surface area contributed by atoms with Crippen LogP contribution in [-0.4, -0.2) is 33.5 Å². The highest BCUT2D eigenvalue weighted by atomic mass is 32.2. The van der Waals surface area contributed by atoms with Crippen molar-refractivity contribution in [1.82, 2.24) is 15.0 Å². The van der Waals surface area contributed by atoms with Crippen LogP contribution >= 0.6 is 0 Å². The highest BCUT2D eigenvalue weighted by Crippen LogP contribution is 2.29. The van der Waals surface area contributed by atoms with Gasteiger partial charge >= 0.3 is 0 Å². The number of pyridine rings is 1. The number of likely N-dealkylation sites (N-methyl/N-ethyl adjacent to an activating group) is 1. The minimum absolute atomic E-state index is 0.0331. The third-order valence-electron chi connectivity index (χ3n) is 4.33. The van der Waals surface area contributed by atoms with Crippen molar-refractivity contribution < 1.29 is 17.9 Å². The molecule has 1 atom stereocenters. The number of sulfonamides is 1. The Bertz CT molecular complexity index is 1100. The first-order valence-corrected chi connectivity index (χ1v) is 10.3. The zero-order chi connectivity index (χ0) is 20.9. The zero-order valence-electron chi connectivity index (χ0n) is 16.0. The lowest BCUT2D eigenvalue weighted by atomic mass is 10.1. The molecule has 1 aromatic heterocycles. The van der Waals surface area contributed by atoms with Crippen molar-refractivity contribution in [3.05, 3.63) is 78.5 Å². The number of benzene rings is 2. The van der Waals surface area contributed by atoms with Crippen molar-refractivity contribution in [2.24, 2.45) is 0 Å². The van der Waals surface area contributed by atoms with E-state index in [9.17, 15) is 13.2 Å². The van der Waals surface area contributed by atoms with Gasteiger partial charge in [-0.25, -0.2) is 13.4 Å². The summed E-state index contributed by atoms with van der Waals surface area (Å²) in [6.45, 7) is 0. The van der Waals surface area contributed by atoms with Crippen molar-refractivity contribution >= 4 is 15.9 Å². The van der Waals surface area contributed by atoms with Crippen LogP contribution < -0.4 is 14.8 Å². The summed E-state index contributed by atoms with van der Waals surface area (Å²) >= 11 is 0. The van der Waals surface area contributed by atoms with Crippen LogP contribution in [0.3, 0.4) is 0 Å². The summed E-state index contributed by atoms with van der Waals surface area (Å²) in [5.74, 6) is -0.0626. The van der Waals surface area contributed by atoms with Crippen LogP contribution in [0.1, 0.15) is 11.6 Å². The highest BCUT2D eigenvalue weighted by molar-refractivity contribution is 7.89. The van der Waals surface area contributed by atoms with E-state index in [0.717, 1.165) is 0 Å². The van der Waals surface area contributed by atoms with Gasteiger partial charge < -0.3 is 10.1 Å². The first-order chi connectivity index (χ1) is 14.0. The second-order valence-electron chi connectivity index (χ2n) is 6.17. The largest absolute Gasteiger partial charge is 0.481 e. The molecule has 0 aliphatic rings. The Balaban J connectivity index is 1.98. The van der Waals surface area contributed by atoms with Gasteiger partial charge in [0.25, 0.3) is 0 Å². The normalized spacial score (nSPS) is 12.2. The highest BCUT2D eigenvalue weighted by Gasteiger charge is 2.26. The van der Waals surface area contributed by atoms with Gasteiger partial charge in [-0.15, -0.1) is 0 Å². The smallest absolute Gasteiger partial charge is 0.242 e. The number of carbonyl (C=O) groups excluding carboxylic acids is 1. The fraction of sp³-hybridized carbons (Fsp3) is 0.143. The van der Waals surface area contributed by atoms with Gasteiger partial charge in [-0.1, -0.05) is 42.5 Å². The average Bonchev–Trinajstić information content (AvgIpc) is 2.77. The van der Waals surface area contributed by atoms with Crippen molar-refractivity contribution in [1.29, 1.82) is 0 Å². The molecule has 150 valence electrons. The van der Waals surface area contributed by atoms with Crippen LogP contribution in [-0.2, 0) is 14.8 Å². The van der Waals surface area contributed by atoms with Crippen LogP contribution in [0.25, 0.3) is 11.1 Å². The van der Waals surface area contributed by atoms with Gasteiger partial charge in [0.2, 0.25) is 21.8 Å². The monoisotopic (exact) mass is 411 g/mol. The molecule has 1 unspecified atom stereocenters. The molecule has 8 heteroatoms. The number of amides is 1. The fourth-order valence-corrected chi connectivity index (χ4v) is 4.12. The van der Waals surface area contributed by atoms with Crippen molar-refractivity contribution in [2.75, 3.05) is 14.2 Å². The van der Waals surface area contributed by atoms with Gasteiger partial charge in [0, 0.05) is 18.8 Å². The number of nitrogens with zero attached hydrogens (tertiary/aromatic N) is 1. The number of ether oxygens (including phenoxy) is 1. The summed E-state index contributed by atoms with van der Waals surface area (Å²) in [6, 6.07) is 17.6. The maximum Gasteiger partial charge on any atom is 0.242 e. The molecule has 2 aromatic carbocycles. The summed E-state index contributed by atoms with van der Waals surface area (Å²) in [5.41, 5.74) is 1.84. The Morgan fingerprint density at radius 3 is 2.48 bits per heavy atom. The maximum absolute atomic E-state index is 13.0. The van der Waals surface area contributed by atoms with E-state index in [1.807, 2.05) is 0 Å². The van der Waals surface area contributed by atoms with E-state index < -0.39 is 22.0 Å². The lowest BCUT2D eigenvalue weighted by Gasteiger charge is -2.18. The van der Waals surface area contributed by atoms with E-state index in [2.05, 4.69) is 15.0 Å². The standard InChI is InChI=1S/C21H21N3O4S/c1-22-20(25)19(15-8-4-3-5-9-15)24-29(26,27)17-11-6-10-16(14-17)18-12-7-13-23-21(18)28-2/h3-14,19,24H,1-2H3,(H,22,25). The van der Waals surface area contributed by atoms with Crippen LogP contribution in [0.15, 0.2) is 77.8 Å². The van der Waals surface area contributed by atoms with Crippen LogP contribution in [0.4, 0.5) is 0 Å². The molecule has 2 N–H and O–H groups in total. The lowest BCUT2D eigenvalue weighted by Crippen LogP contribution is -2.39. The summed E-state index contributed by atoms with van der Waals surface area (Å²) in [6.07, 6.45) is 1.60. The fourth-order valence-electron chi connectivity index (χ4n) is 2.89. The maximum atomic E-state index is 13.0. The third kappa shape index (κ3) is 4.61. The molecular weight excluding hydrogens is 390 g/mol.